The summed E-state index contributed by atoms with van der Waals surface area (Å²) in [6.07, 6.45) is 3.91. The highest BCUT2D eigenvalue weighted by atomic mass is 16.3. The number of fused-ring (bicyclic) bond motifs is 1. The molecule has 0 bridgehead atoms. The molecule has 0 radical (unpaired) electrons. The summed E-state index contributed by atoms with van der Waals surface area (Å²) >= 11 is 0. The molecule has 4 atom stereocenters. The second-order valence-electron chi connectivity index (χ2n) is 5.48. The lowest BCUT2D eigenvalue weighted by atomic mass is 9.78. The molecule has 1 aromatic heterocycles. The summed E-state index contributed by atoms with van der Waals surface area (Å²) in [4.78, 5) is 0. The molecule has 2 aliphatic rings. The van der Waals surface area contributed by atoms with E-state index >= 15 is 0 Å². The van der Waals surface area contributed by atoms with Gasteiger partial charge in [-0.25, -0.2) is 0 Å². The average Bonchev–Trinajstić information content (AvgIpc) is 2.65. The summed E-state index contributed by atoms with van der Waals surface area (Å²) in [5.41, 5.74) is 1.46. The molecule has 2 saturated carbocycles. The van der Waals surface area contributed by atoms with Crippen LogP contribution in [0, 0.1) is 17.8 Å². The van der Waals surface area contributed by atoms with Gasteiger partial charge in [-0.2, -0.15) is 5.10 Å². The standard InChI is InChI=1S/C12H18N2O/c1-7(2)11-9(15)5-8-6-12(8,11)10-3-4-13-14-10/h3-4,7-9,11,15H,5-6H2,1-2H3,(H,13,14). The van der Waals surface area contributed by atoms with Crippen molar-refractivity contribution in [1.29, 1.82) is 0 Å². The fraction of sp³-hybridized carbons (Fsp3) is 0.750. The molecular formula is C12H18N2O. The fourth-order valence-corrected chi connectivity index (χ4v) is 3.90. The normalized spacial score (nSPS) is 43.3. The smallest absolute Gasteiger partial charge is 0.0583 e. The van der Waals surface area contributed by atoms with Crippen molar-refractivity contribution >= 4 is 0 Å². The SMILES string of the molecule is CC(C)C1C(O)CC2CC21c1ccn[nH]1. The van der Waals surface area contributed by atoms with Crippen LogP contribution in [0.4, 0.5) is 0 Å². The van der Waals surface area contributed by atoms with Crippen LogP contribution in [0.1, 0.15) is 32.4 Å². The third-order valence-electron chi connectivity index (χ3n) is 4.41. The fourth-order valence-electron chi connectivity index (χ4n) is 3.90. The monoisotopic (exact) mass is 206 g/mol. The highest BCUT2D eigenvalue weighted by molar-refractivity contribution is 5.33. The van der Waals surface area contributed by atoms with E-state index in [0.29, 0.717) is 17.8 Å². The number of nitrogens with zero attached hydrogens (tertiary/aromatic N) is 1. The number of nitrogens with one attached hydrogen (secondary N) is 1. The van der Waals surface area contributed by atoms with Crippen LogP contribution in [0.15, 0.2) is 12.3 Å². The topological polar surface area (TPSA) is 48.9 Å². The van der Waals surface area contributed by atoms with E-state index in [1.54, 1.807) is 0 Å². The van der Waals surface area contributed by atoms with E-state index in [9.17, 15) is 5.11 Å². The van der Waals surface area contributed by atoms with E-state index in [4.69, 9.17) is 0 Å². The van der Waals surface area contributed by atoms with Crippen LogP contribution < -0.4 is 0 Å². The van der Waals surface area contributed by atoms with Crippen molar-refractivity contribution < 1.29 is 5.11 Å². The van der Waals surface area contributed by atoms with Crippen molar-refractivity contribution in [3.8, 4) is 0 Å². The van der Waals surface area contributed by atoms with E-state index < -0.39 is 0 Å². The van der Waals surface area contributed by atoms with Crippen LogP contribution in [-0.2, 0) is 5.41 Å². The molecule has 2 aliphatic carbocycles. The maximum absolute atomic E-state index is 10.1. The quantitative estimate of drug-likeness (QED) is 0.773. The summed E-state index contributed by atoms with van der Waals surface area (Å²) < 4.78 is 0. The average molecular weight is 206 g/mol. The summed E-state index contributed by atoms with van der Waals surface area (Å²) in [5.74, 6) is 1.62. The number of hydrogen-bond acceptors (Lipinski definition) is 2. The van der Waals surface area contributed by atoms with Gasteiger partial charge in [-0.05, 0) is 36.7 Å². The maximum atomic E-state index is 10.1. The summed E-state index contributed by atoms with van der Waals surface area (Å²) in [6.45, 7) is 4.43. The Hall–Kier alpha value is -0.830. The van der Waals surface area contributed by atoms with Crippen molar-refractivity contribution in [2.24, 2.45) is 17.8 Å². The van der Waals surface area contributed by atoms with Crippen molar-refractivity contribution in [2.45, 2.75) is 38.2 Å². The minimum atomic E-state index is -0.118. The molecule has 0 spiro atoms. The zero-order valence-corrected chi connectivity index (χ0v) is 9.27. The number of aromatic nitrogens is 2. The molecule has 0 saturated heterocycles. The predicted octanol–water partition coefficient (Wildman–Crippen LogP) is 1.70. The van der Waals surface area contributed by atoms with Crippen LogP contribution in [0.3, 0.4) is 0 Å². The Morgan fingerprint density at radius 3 is 3.00 bits per heavy atom. The van der Waals surface area contributed by atoms with E-state index in [0.717, 1.165) is 6.42 Å². The van der Waals surface area contributed by atoms with Crippen LogP contribution >= 0.6 is 0 Å². The van der Waals surface area contributed by atoms with Gasteiger partial charge in [-0.15, -0.1) is 0 Å². The van der Waals surface area contributed by atoms with Gasteiger partial charge in [0.05, 0.1) is 6.10 Å². The van der Waals surface area contributed by atoms with Crippen molar-refractivity contribution in [2.75, 3.05) is 0 Å². The molecule has 1 aromatic rings. The zero-order valence-electron chi connectivity index (χ0n) is 9.27. The highest BCUT2D eigenvalue weighted by Crippen LogP contribution is 2.68. The molecule has 3 rings (SSSR count). The first-order valence-corrected chi connectivity index (χ1v) is 5.84. The van der Waals surface area contributed by atoms with Gasteiger partial charge in [0.15, 0.2) is 0 Å². The Balaban J connectivity index is 2.00. The Kier molecular flexibility index (Phi) is 1.78. The molecule has 0 aliphatic heterocycles. The minimum absolute atomic E-state index is 0.118. The van der Waals surface area contributed by atoms with E-state index in [1.807, 2.05) is 6.20 Å². The number of aliphatic hydroxyl groups is 1. The molecular weight excluding hydrogens is 188 g/mol. The number of aliphatic hydroxyl groups excluding tert-OH is 1. The molecule has 1 heterocycles. The number of aromatic amines is 1. The minimum Gasteiger partial charge on any atom is -0.393 e. The van der Waals surface area contributed by atoms with Crippen LogP contribution in [-0.4, -0.2) is 21.4 Å². The lowest BCUT2D eigenvalue weighted by Gasteiger charge is -2.29. The first-order valence-electron chi connectivity index (χ1n) is 5.84. The lowest BCUT2D eigenvalue weighted by molar-refractivity contribution is 0.0794. The second-order valence-corrected chi connectivity index (χ2v) is 5.48. The molecule has 0 aromatic carbocycles. The second kappa shape index (κ2) is 2.85. The van der Waals surface area contributed by atoms with Gasteiger partial charge in [-0.1, -0.05) is 13.8 Å². The molecule has 82 valence electrons. The summed E-state index contributed by atoms with van der Waals surface area (Å²) in [7, 11) is 0. The third-order valence-corrected chi connectivity index (χ3v) is 4.41. The van der Waals surface area contributed by atoms with Crippen molar-refractivity contribution in [1.82, 2.24) is 10.2 Å². The largest absolute Gasteiger partial charge is 0.393 e. The Morgan fingerprint density at radius 1 is 1.60 bits per heavy atom. The Labute approximate surface area is 89.9 Å². The Bertz CT molecular complexity index is 360. The van der Waals surface area contributed by atoms with Gasteiger partial charge >= 0.3 is 0 Å². The van der Waals surface area contributed by atoms with Gasteiger partial charge in [0.25, 0.3) is 0 Å². The van der Waals surface area contributed by atoms with Gasteiger partial charge in [-0.3, -0.25) is 5.10 Å². The third kappa shape index (κ3) is 1.07. The lowest BCUT2D eigenvalue weighted by Crippen LogP contribution is -2.31. The molecule has 2 fully saturated rings. The molecule has 3 heteroatoms. The molecule has 15 heavy (non-hydrogen) atoms. The first-order chi connectivity index (χ1) is 7.16. The van der Waals surface area contributed by atoms with Crippen LogP contribution in [0.5, 0.6) is 0 Å². The van der Waals surface area contributed by atoms with Gasteiger partial charge in [0.2, 0.25) is 0 Å². The van der Waals surface area contributed by atoms with Gasteiger partial charge in [0, 0.05) is 17.3 Å². The predicted molar refractivity (Wildman–Crippen MR) is 57.3 cm³/mol. The van der Waals surface area contributed by atoms with Crippen LogP contribution in [0.25, 0.3) is 0 Å². The number of hydrogen-bond donors (Lipinski definition) is 2. The van der Waals surface area contributed by atoms with Crippen LogP contribution in [0.2, 0.25) is 0 Å². The van der Waals surface area contributed by atoms with Crippen molar-refractivity contribution in [3.63, 3.8) is 0 Å². The molecule has 2 N–H and O–H groups in total. The number of H-pyrrole nitrogens is 1. The van der Waals surface area contributed by atoms with Gasteiger partial charge in [0.1, 0.15) is 0 Å². The van der Waals surface area contributed by atoms with E-state index in [2.05, 4.69) is 30.1 Å². The molecule has 0 amide bonds. The number of rotatable bonds is 2. The van der Waals surface area contributed by atoms with Gasteiger partial charge < -0.3 is 5.11 Å². The maximum Gasteiger partial charge on any atom is 0.0583 e. The summed E-state index contributed by atoms with van der Waals surface area (Å²) in [6, 6.07) is 2.08. The zero-order chi connectivity index (χ0) is 10.6. The summed E-state index contributed by atoms with van der Waals surface area (Å²) in [5, 5.41) is 17.2. The highest BCUT2D eigenvalue weighted by Gasteiger charge is 2.68. The van der Waals surface area contributed by atoms with E-state index in [1.165, 1.54) is 12.1 Å². The van der Waals surface area contributed by atoms with E-state index in [-0.39, 0.29) is 11.5 Å². The molecule has 4 unspecified atom stereocenters. The Morgan fingerprint density at radius 2 is 2.40 bits per heavy atom. The van der Waals surface area contributed by atoms with Crippen molar-refractivity contribution in [3.05, 3.63) is 18.0 Å². The first kappa shape index (κ1) is 9.40. The molecule has 3 nitrogen and oxygen atoms in total.